The summed E-state index contributed by atoms with van der Waals surface area (Å²) in [6, 6.07) is 19.6. The number of fused-ring (bicyclic) bond motifs is 2. The summed E-state index contributed by atoms with van der Waals surface area (Å²) in [4.78, 5) is 42.7. The van der Waals surface area contributed by atoms with Crippen molar-refractivity contribution in [2.45, 2.75) is 76.6 Å². The third-order valence-corrected chi connectivity index (χ3v) is 15.8. The first kappa shape index (κ1) is 64.1. The van der Waals surface area contributed by atoms with E-state index in [1.54, 1.807) is 72.2 Å². The van der Waals surface area contributed by atoms with E-state index in [4.69, 9.17) is 9.47 Å². The SMILES string of the molecule is COc1ccc(-c2nc3c(C(=O)N4CCN([C@@H](CO)c5ccccc5C(F)(F)F)C[C@H]4C)cnn3c(C(F)(F)F)c2C)cc1.COc1ccc(-c2nc3c(C(=O)N4CCN([C@H](CO)c5ccccc5C(F)(F)F)C[C@H]4C)cnn3c(C(F)(F)F)c2C)cc1. The van der Waals surface area contributed by atoms with Gasteiger partial charge in [0.25, 0.3) is 11.8 Å². The maximum absolute atomic E-state index is 14.3. The first-order chi connectivity index (χ1) is 41.5. The fourth-order valence-corrected chi connectivity index (χ4v) is 11.5. The van der Waals surface area contributed by atoms with Crippen LogP contribution in [0.1, 0.15) is 91.4 Å². The maximum atomic E-state index is 14.3. The fourth-order valence-electron chi connectivity index (χ4n) is 11.5. The molecule has 0 aliphatic carbocycles. The van der Waals surface area contributed by atoms with Gasteiger partial charge in [-0.3, -0.25) is 19.4 Å². The van der Waals surface area contributed by atoms with Gasteiger partial charge >= 0.3 is 24.7 Å². The zero-order valence-corrected chi connectivity index (χ0v) is 47.9. The van der Waals surface area contributed by atoms with Crippen LogP contribution >= 0.6 is 0 Å². The number of halogens is 12. The molecule has 16 nitrogen and oxygen atoms in total. The number of ether oxygens (including phenoxy) is 2. The lowest BCUT2D eigenvalue weighted by atomic mass is 9.97. The highest BCUT2D eigenvalue weighted by Crippen LogP contribution is 2.42. The van der Waals surface area contributed by atoms with Crippen LogP contribution in [0.4, 0.5) is 52.7 Å². The molecule has 2 aliphatic rings. The van der Waals surface area contributed by atoms with Crippen molar-refractivity contribution in [3.8, 4) is 34.0 Å². The Morgan fingerprint density at radius 2 is 0.864 bits per heavy atom. The van der Waals surface area contributed by atoms with Crippen LogP contribution in [0, 0.1) is 13.8 Å². The van der Waals surface area contributed by atoms with Gasteiger partial charge in [0.1, 0.15) is 22.6 Å². The fraction of sp³-hybridized carbons (Fsp3) is 0.367. The van der Waals surface area contributed by atoms with Gasteiger partial charge in [-0.15, -0.1) is 0 Å². The average molecular weight is 1240 g/mol. The largest absolute Gasteiger partial charge is 0.497 e. The first-order valence-corrected chi connectivity index (χ1v) is 27.4. The minimum atomic E-state index is -4.82. The van der Waals surface area contributed by atoms with E-state index in [2.05, 4.69) is 20.2 Å². The Morgan fingerprint density at radius 3 is 1.16 bits per heavy atom. The number of carbonyl (C=O) groups is 2. The number of amides is 2. The Morgan fingerprint density at radius 1 is 0.523 bits per heavy atom. The van der Waals surface area contributed by atoms with Crippen LogP contribution in [0.3, 0.4) is 0 Å². The van der Waals surface area contributed by atoms with E-state index in [-0.39, 0.29) is 95.3 Å². The molecule has 8 aromatic rings. The molecule has 2 N–H and O–H groups in total. The molecule has 4 atom stereocenters. The molecule has 2 amide bonds. The van der Waals surface area contributed by atoms with Gasteiger partial charge in [-0.25, -0.2) is 19.0 Å². The van der Waals surface area contributed by atoms with E-state index in [0.29, 0.717) is 31.7 Å². The minimum absolute atomic E-state index is 0.0222. The van der Waals surface area contributed by atoms with Gasteiger partial charge in [-0.05, 0) is 99.5 Å². The monoisotopic (exact) mass is 1240 g/mol. The lowest BCUT2D eigenvalue weighted by Crippen LogP contribution is -2.55. The summed E-state index contributed by atoms with van der Waals surface area (Å²) < 4.78 is 180. The number of alkyl halides is 12. The number of piperazine rings is 2. The number of hydrogen-bond acceptors (Lipinski definition) is 12. The molecule has 2 aliphatic heterocycles. The summed E-state index contributed by atoms with van der Waals surface area (Å²) in [6.45, 7) is 5.31. The van der Waals surface area contributed by atoms with E-state index in [1.165, 1.54) is 74.3 Å². The zero-order chi connectivity index (χ0) is 63.9. The maximum Gasteiger partial charge on any atom is 0.433 e. The van der Waals surface area contributed by atoms with Gasteiger partial charge in [-0.1, -0.05) is 36.4 Å². The smallest absolute Gasteiger partial charge is 0.433 e. The molecule has 0 radical (unpaired) electrons. The molecule has 0 unspecified atom stereocenters. The summed E-state index contributed by atoms with van der Waals surface area (Å²) in [5, 5.41) is 28.0. The second-order valence-electron chi connectivity index (χ2n) is 21.2. The zero-order valence-electron chi connectivity index (χ0n) is 47.9. The quantitative estimate of drug-likeness (QED) is 0.111. The Labute approximate surface area is 495 Å². The molecular weight excluding hydrogens is 1180 g/mol. The molecule has 0 spiro atoms. The third kappa shape index (κ3) is 12.7. The standard InChI is InChI=1S/2C30H29F6N5O3/c2*1-17-15-39(24(16-42)21-6-4-5-7-23(21)29(31,32)33)12-13-40(17)28(43)22-14-37-41-26(30(34,35)36)18(2)25(38-27(22)41)19-8-10-20(44-3)11-9-19/h2*4-11,14,17,24,42H,12-13,15-16H2,1-3H3/t17-,24+;17-,24-/m11/s1. The number of methoxy groups -OCH3 is 2. The highest BCUT2D eigenvalue weighted by molar-refractivity contribution is 6.01. The highest BCUT2D eigenvalue weighted by Gasteiger charge is 2.44. The second kappa shape index (κ2) is 25.0. The number of aliphatic hydroxyl groups is 2. The van der Waals surface area contributed by atoms with Crippen molar-refractivity contribution in [1.82, 2.24) is 48.8 Å². The molecule has 6 heterocycles. The summed E-state index contributed by atoms with van der Waals surface area (Å²) >= 11 is 0. The number of nitrogens with zero attached hydrogens (tertiary/aromatic N) is 10. The Hall–Kier alpha value is -8.34. The van der Waals surface area contributed by atoms with Crippen LogP contribution in [-0.2, 0) is 24.7 Å². The summed E-state index contributed by atoms with van der Waals surface area (Å²) in [6.07, 6.45) is -16.8. The van der Waals surface area contributed by atoms with E-state index in [1.807, 2.05) is 0 Å². The topological polar surface area (TPSA) is 166 Å². The molecule has 0 saturated carbocycles. The Balaban J connectivity index is 0.000000209. The molecule has 88 heavy (non-hydrogen) atoms. The van der Waals surface area contributed by atoms with Crippen LogP contribution in [-0.4, -0.2) is 150 Å². The van der Waals surface area contributed by atoms with Crippen molar-refractivity contribution < 1.29 is 82.0 Å². The van der Waals surface area contributed by atoms with Crippen molar-refractivity contribution in [2.24, 2.45) is 0 Å². The van der Waals surface area contributed by atoms with Crippen molar-refractivity contribution in [3.63, 3.8) is 0 Å². The van der Waals surface area contributed by atoms with Gasteiger partial charge in [0, 0.05) is 73.6 Å². The number of aliphatic hydroxyl groups excluding tert-OH is 2. The van der Waals surface area contributed by atoms with E-state index in [9.17, 15) is 72.5 Å². The van der Waals surface area contributed by atoms with Crippen LogP contribution in [0.5, 0.6) is 11.5 Å². The molecular formula is C60H58F12N10O6. The Bertz CT molecular complexity index is 3580. The van der Waals surface area contributed by atoms with E-state index in [0.717, 1.165) is 24.5 Å². The van der Waals surface area contributed by atoms with Crippen molar-refractivity contribution in [2.75, 3.05) is 66.7 Å². The van der Waals surface area contributed by atoms with Crippen LogP contribution in [0.25, 0.3) is 33.8 Å². The van der Waals surface area contributed by atoms with Crippen molar-refractivity contribution in [3.05, 3.63) is 165 Å². The second-order valence-corrected chi connectivity index (χ2v) is 21.2. The molecule has 2 saturated heterocycles. The lowest BCUT2D eigenvalue weighted by molar-refractivity contribution is -0.144. The molecule has 4 aromatic carbocycles. The predicted molar refractivity (Wildman–Crippen MR) is 296 cm³/mol. The van der Waals surface area contributed by atoms with Gasteiger partial charge in [0.05, 0.1) is 74.4 Å². The number of rotatable bonds is 12. The minimum Gasteiger partial charge on any atom is -0.497 e. The highest BCUT2D eigenvalue weighted by atomic mass is 19.4. The van der Waals surface area contributed by atoms with Gasteiger partial charge < -0.3 is 29.5 Å². The number of aromatic nitrogens is 6. The Kier molecular flexibility index (Phi) is 18.2. The first-order valence-electron chi connectivity index (χ1n) is 27.4. The van der Waals surface area contributed by atoms with Gasteiger partial charge in [0.15, 0.2) is 22.7 Å². The normalized spacial score (nSPS) is 17.2. The molecule has 4 aromatic heterocycles. The summed E-state index contributed by atoms with van der Waals surface area (Å²) in [5.74, 6) is -0.230. The molecule has 28 heteroatoms. The van der Waals surface area contributed by atoms with E-state index >= 15 is 0 Å². The number of hydrogen-bond donors (Lipinski definition) is 2. The molecule has 468 valence electrons. The van der Waals surface area contributed by atoms with E-state index < -0.39 is 96.4 Å². The number of carbonyl (C=O) groups excluding carboxylic acids is 2. The average Bonchev–Trinajstić information content (AvgIpc) is 1.76. The van der Waals surface area contributed by atoms with Crippen molar-refractivity contribution in [1.29, 1.82) is 0 Å². The van der Waals surface area contributed by atoms with Crippen LogP contribution in [0.2, 0.25) is 0 Å². The molecule has 2 fully saturated rings. The summed E-state index contributed by atoms with van der Waals surface area (Å²) in [5.41, 5.74) is -4.40. The predicted octanol–water partition coefficient (Wildman–Crippen LogP) is 11.3. The van der Waals surface area contributed by atoms with Crippen LogP contribution in [0.15, 0.2) is 109 Å². The lowest BCUT2D eigenvalue weighted by Gasteiger charge is -2.43. The van der Waals surface area contributed by atoms with Gasteiger partial charge in [-0.2, -0.15) is 62.9 Å². The van der Waals surface area contributed by atoms with Crippen molar-refractivity contribution >= 4 is 23.1 Å². The third-order valence-electron chi connectivity index (χ3n) is 15.8. The molecule has 0 bridgehead atoms. The summed E-state index contributed by atoms with van der Waals surface area (Å²) in [7, 11) is 2.92. The molecule has 10 rings (SSSR count). The number of benzene rings is 4. The van der Waals surface area contributed by atoms with Crippen LogP contribution < -0.4 is 9.47 Å². The van der Waals surface area contributed by atoms with Gasteiger partial charge in [0.2, 0.25) is 0 Å².